The molecule has 2 aromatic carbocycles. The van der Waals surface area contributed by atoms with Gasteiger partial charge in [-0.3, -0.25) is 4.79 Å². The van der Waals surface area contributed by atoms with Crippen LogP contribution in [0.5, 0.6) is 0 Å². The lowest BCUT2D eigenvalue weighted by Gasteiger charge is -2.29. The van der Waals surface area contributed by atoms with Crippen molar-refractivity contribution in [2.45, 2.75) is 39.5 Å². The molecule has 0 spiro atoms. The molecule has 27 heavy (non-hydrogen) atoms. The molecule has 3 aromatic rings. The van der Waals surface area contributed by atoms with Gasteiger partial charge in [0.15, 0.2) is 0 Å². The van der Waals surface area contributed by atoms with Crippen LogP contribution in [0.2, 0.25) is 0 Å². The number of hydrogen-bond donors (Lipinski definition) is 0. The number of fused-ring (bicyclic) bond motifs is 1. The summed E-state index contributed by atoms with van der Waals surface area (Å²) in [6.45, 7) is 4.89. The van der Waals surface area contributed by atoms with E-state index < -0.39 is 0 Å². The summed E-state index contributed by atoms with van der Waals surface area (Å²) in [5.74, 6) is 1.10. The second-order valence-corrected chi connectivity index (χ2v) is 7.15. The van der Waals surface area contributed by atoms with Crippen LogP contribution in [-0.2, 0) is 17.6 Å². The fourth-order valence-electron chi connectivity index (χ4n) is 3.50. The van der Waals surface area contributed by atoms with E-state index in [0.29, 0.717) is 24.6 Å². The zero-order valence-electron chi connectivity index (χ0n) is 15.7. The van der Waals surface area contributed by atoms with Crippen LogP contribution in [0.4, 0.5) is 5.69 Å². The topological polar surface area (TPSA) is 59.2 Å². The number of carbonyl (C=O) groups is 1. The van der Waals surface area contributed by atoms with E-state index in [1.165, 1.54) is 16.7 Å². The van der Waals surface area contributed by atoms with E-state index in [4.69, 9.17) is 4.42 Å². The van der Waals surface area contributed by atoms with Gasteiger partial charge in [0.2, 0.25) is 17.7 Å². The van der Waals surface area contributed by atoms with Gasteiger partial charge in [0.05, 0.1) is 0 Å². The first-order chi connectivity index (χ1) is 13.1. The van der Waals surface area contributed by atoms with Crippen LogP contribution in [-0.4, -0.2) is 22.6 Å². The lowest BCUT2D eigenvalue weighted by Crippen LogP contribution is -2.35. The number of nitrogens with zero attached hydrogens (tertiary/aromatic N) is 3. The molecule has 4 rings (SSSR count). The second kappa shape index (κ2) is 7.35. The first-order valence-corrected chi connectivity index (χ1v) is 9.39. The quantitative estimate of drug-likeness (QED) is 0.696. The molecule has 0 atom stereocenters. The maximum absolute atomic E-state index is 12.8. The third kappa shape index (κ3) is 3.77. The summed E-state index contributed by atoms with van der Waals surface area (Å²) in [6.07, 6.45) is 2.85. The normalized spacial score (nSPS) is 13.5. The Morgan fingerprint density at radius 2 is 1.85 bits per heavy atom. The molecule has 0 saturated carbocycles. The number of aromatic nitrogens is 2. The summed E-state index contributed by atoms with van der Waals surface area (Å²) in [5.41, 5.74) is 5.61. The SMILES string of the molecule is Cc1ccc(-c2nnc(CCC(=O)N3CCCc4cc(C)ccc43)o2)cc1. The predicted octanol–water partition coefficient (Wildman–Crippen LogP) is 4.27. The summed E-state index contributed by atoms with van der Waals surface area (Å²) in [5, 5.41) is 8.21. The first kappa shape index (κ1) is 17.5. The number of hydrogen-bond acceptors (Lipinski definition) is 4. The maximum Gasteiger partial charge on any atom is 0.247 e. The molecule has 138 valence electrons. The predicted molar refractivity (Wildman–Crippen MR) is 105 cm³/mol. The monoisotopic (exact) mass is 361 g/mol. The highest BCUT2D eigenvalue weighted by Crippen LogP contribution is 2.28. The highest BCUT2D eigenvalue weighted by atomic mass is 16.4. The highest BCUT2D eigenvalue weighted by Gasteiger charge is 2.23. The molecular formula is C22H23N3O2. The summed E-state index contributed by atoms with van der Waals surface area (Å²) < 4.78 is 5.74. The third-order valence-electron chi connectivity index (χ3n) is 4.97. The van der Waals surface area contributed by atoms with Gasteiger partial charge in [0, 0.05) is 30.6 Å². The van der Waals surface area contributed by atoms with E-state index in [1.807, 2.05) is 36.1 Å². The van der Waals surface area contributed by atoms with E-state index in [2.05, 4.69) is 35.3 Å². The number of anilines is 1. The fourth-order valence-corrected chi connectivity index (χ4v) is 3.50. The van der Waals surface area contributed by atoms with Gasteiger partial charge in [-0.2, -0.15) is 0 Å². The smallest absolute Gasteiger partial charge is 0.247 e. The molecule has 1 aliphatic heterocycles. The Morgan fingerprint density at radius 3 is 2.67 bits per heavy atom. The van der Waals surface area contributed by atoms with Crippen molar-refractivity contribution in [1.82, 2.24) is 10.2 Å². The third-order valence-corrected chi connectivity index (χ3v) is 4.97. The van der Waals surface area contributed by atoms with Crippen LogP contribution in [0.1, 0.15) is 35.4 Å². The van der Waals surface area contributed by atoms with Crippen molar-refractivity contribution in [2.24, 2.45) is 0 Å². The molecule has 0 aliphatic carbocycles. The lowest BCUT2D eigenvalue weighted by molar-refractivity contribution is -0.118. The summed E-state index contributed by atoms with van der Waals surface area (Å²) in [7, 11) is 0. The number of benzene rings is 2. The molecule has 2 heterocycles. The zero-order chi connectivity index (χ0) is 18.8. The number of carbonyl (C=O) groups excluding carboxylic acids is 1. The minimum absolute atomic E-state index is 0.106. The maximum atomic E-state index is 12.8. The standard InChI is InChI=1S/C22H23N3O2/c1-15-5-8-17(9-6-15)22-24-23-20(27-22)11-12-21(26)25-13-3-4-18-14-16(2)7-10-19(18)25/h5-10,14H,3-4,11-13H2,1-2H3. The molecular weight excluding hydrogens is 338 g/mol. The first-order valence-electron chi connectivity index (χ1n) is 9.39. The molecule has 0 radical (unpaired) electrons. The van der Waals surface area contributed by atoms with Crippen molar-refractivity contribution in [3.8, 4) is 11.5 Å². The minimum atomic E-state index is 0.106. The van der Waals surface area contributed by atoms with Gasteiger partial charge >= 0.3 is 0 Å². The average molecular weight is 361 g/mol. The Bertz CT molecular complexity index is 960. The summed E-state index contributed by atoms with van der Waals surface area (Å²) in [4.78, 5) is 14.7. The Morgan fingerprint density at radius 1 is 1.07 bits per heavy atom. The Kier molecular flexibility index (Phi) is 4.75. The van der Waals surface area contributed by atoms with Crippen LogP contribution in [0.15, 0.2) is 46.9 Å². The van der Waals surface area contributed by atoms with Crippen molar-refractivity contribution in [1.29, 1.82) is 0 Å². The summed E-state index contributed by atoms with van der Waals surface area (Å²) >= 11 is 0. The van der Waals surface area contributed by atoms with Gasteiger partial charge in [0.1, 0.15) is 0 Å². The van der Waals surface area contributed by atoms with Gasteiger partial charge in [0.25, 0.3) is 0 Å². The van der Waals surface area contributed by atoms with Gasteiger partial charge in [-0.25, -0.2) is 0 Å². The minimum Gasteiger partial charge on any atom is -0.421 e. The van der Waals surface area contributed by atoms with E-state index in [0.717, 1.165) is 30.6 Å². The molecule has 0 unspecified atom stereocenters. The molecule has 0 fully saturated rings. The van der Waals surface area contributed by atoms with Crippen LogP contribution in [0.3, 0.4) is 0 Å². The molecule has 1 amide bonds. The molecule has 0 bridgehead atoms. The number of aryl methyl sites for hydroxylation is 4. The molecule has 1 aliphatic rings. The molecule has 0 N–H and O–H groups in total. The van der Waals surface area contributed by atoms with Gasteiger partial charge in [-0.15, -0.1) is 10.2 Å². The zero-order valence-corrected chi connectivity index (χ0v) is 15.7. The lowest BCUT2D eigenvalue weighted by atomic mass is 9.99. The van der Waals surface area contributed by atoms with Gasteiger partial charge < -0.3 is 9.32 Å². The summed E-state index contributed by atoms with van der Waals surface area (Å²) in [6, 6.07) is 14.3. The Balaban J connectivity index is 1.43. The van der Waals surface area contributed by atoms with Crippen molar-refractivity contribution in [2.75, 3.05) is 11.4 Å². The Hall–Kier alpha value is -2.95. The van der Waals surface area contributed by atoms with Crippen molar-refractivity contribution >= 4 is 11.6 Å². The number of rotatable bonds is 4. The van der Waals surface area contributed by atoms with E-state index in [-0.39, 0.29) is 5.91 Å². The number of amides is 1. The molecule has 1 aromatic heterocycles. The molecule has 5 heteroatoms. The van der Waals surface area contributed by atoms with Crippen LogP contribution < -0.4 is 4.90 Å². The Labute approximate surface area is 159 Å². The fraction of sp³-hybridized carbons (Fsp3) is 0.318. The molecule has 5 nitrogen and oxygen atoms in total. The van der Waals surface area contributed by atoms with E-state index in [9.17, 15) is 4.79 Å². The largest absolute Gasteiger partial charge is 0.421 e. The van der Waals surface area contributed by atoms with Gasteiger partial charge in [-0.1, -0.05) is 35.4 Å². The average Bonchev–Trinajstić information content (AvgIpc) is 3.15. The van der Waals surface area contributed by atoms with Crippen LogP contribution in [0.25, 0.3) is 11.5 Å². The van der Waals surface area contributed by atoms with Crippen LogP contribution >= 0.6 is 0 Å². The van der Waals surface area contributed by atoms with Crippen molar-refractivity contribution in [3.05, 3.63) is 65.0 Å². The van der Waals surface area contributed by atoms with E-state index in [1.54, 1.807) is 0 Å². The van der Waals surface area contributed by atoms with Gasteiger partial charge in [-0.05, 0) is 50.5 Å². The highest BCUT2D eigenvalue weighted by molar-refractivity contribution is 5.94. The second-order valence-electron chi connectivity index (χ2n) is 7.15. The van der Waals surface area contributed by atoms with Crippen molar-refractivity contribution in [3.63, 3.8) is 0 Å². The van der Waals surface area contributed by atoms with Crippen molar-refractivity contribution < 1.29 is 9.21 Å². The molecule has 0 saturated heterocycles. The van der Waals surface area contributed by atoms with E-state index >= 15 is 0 Å². The van der Waals surface area contributed by atoms with Crippen LogP contribution in [0, 0.1) is 13.8 Å².